The van der Waals surface area contributed by atoms with Crippen molar-refractivity contribution in [2.24, 2.45) is 0 Å². The Morgan fingerprint density at radius 1 is 1.19 bits per heavy atom. The molecule has 2 aromatic heterocycles. The van der Waals surface area contributed by atoms with E-state index in [4.69, 9.17) is 10.5 Å². The highest BCUT2D eigenvalue weighted by atomic mass is 16.5. The Balaban J connectivity index is 1.82. The van der Waals surface area contributed by atoms with Crippen LogP contribution in [0.1, 0.15) is 23.2 Å². The topological polar surface area (TPSA) is 64.3 Å². The average molecular weight is 284 g/mol. The SMILES string of the molecule is Cc1cc(N)cc([C@H]2CN(c3cccc(C)n3)CCO2)n1. The normalized spacial score (nSPS) is 18.8. The number of aryl methyl sites for hydroxylation is 2. The van der Waals surface area contributed by atoms with Gasteiger partial charge in [-0.15, -0.1) is 0 Å². The summed E-state index contributed by atoms with van der Waals surface area (Å²) >= 11 is 0. The lowest BCUT2D eigenvalue weighted by Crippen LogP contribution is -2.39. The first-order valence-corrected chi connectivity index (χ1v) is 7.16. The van der Waals surface area contributed by atoms with Crippen molar-refractivity contribution in [2.75, 3.05) is 30.3 Å². The van der Waals surface area contributed by atoms with E-state index in [1.807, 2.05) is 44.2 Å². The molecule has 3 heterocycles. The van der Waals surface area contributed by atoms with Crippen LogP contribution in [0.2, 0.25) is 0 Å². The van der Waals surface area contributed by atoms with Crippen LogP contribution < -0.4 is 10.6 Å². The number of anilines is 2. The summed E-state index contributed by atoms with van der Waals surface area (Å²) in [4.78, 5) is 11.4. The van der Waals surface area contributed by atoms with Gasteiger partial charge in [-0.1, -0.05) is 6.07 Å². The molecular formula is C16H20N4O. The average Bonchev–Trinajstić information content (AvgIpc) is 2.46. The predicted octanol–water partition coefficient (Wildman–Crippen LogP) is 2.25. The summed E-state index contributed by atoms with van der Waals surface area (Å²) in [5.74, 6) is 0.990. The summed E-state index contributed by atoms with van der Waals surface area (Å²) in [5, 5.41) is 0. The first kappa shape index (κ1) is 13.8. The number of nitrogen functional groups attached to an aromatic ring is 1. The molecule has 110 valence electrons. The van der Waals surface area contributed by atoms with Gasteiger partial charge in [0, 0.05) is 23.6 Å². The van der Waals surface area contributed by atoms with Crippen LogP contribution in [0.4, 0.5) is 11.5 Å². The molecule has 5 nitrogen and oxygen atoms in total. The summed E-state index contributed by atoms with van der Waals surface area (Å²) < 4.78 is 5.87. The molecule has 3 rings (SSSR count). The second kappa shape index (κ2) is 5.69. The molecule has 0 aromatic carbocycles. The van der Waals surface area contributed by atoms with E-state index in [2.05, 4.69) is 14.9 Å². The van der Waals surface area contributed by atoms with Gasteiger partial charge in [0.05, 0.1) is 18.8 Å². The highest BCUT2D eigenvalue weighted by molar-refractivity contribution is 5.43. The van der Waals surface area contributed by atoms with Gasteiger partial charge in [-0.25, -0.2) is 4.98 Å². The van der Waals surface area contributed by atoms with Crippen LogP contribution in [0.25, 0.3) is 0 Å². The number of ether oxygens (including phenoxy) is 1. The number of pyridine rings is 2. The van der Waals surface area contributed by atoms with Crippen molar-refractivity contribution in [1.29, 1.82) is 0 Å². The minimum atomic E-state index is -0.0664. The van der Waals surface area contributed by atoms with Gasteiger partial charge in [0.25, 0.3) is 0 Å². The maximum absolute atomic E-state index is 5.91. The molecular weight excluding hydrogens is 264 g/mol. The van der Waals surface area contributed by atoms with E-state index < -0.39 is 0 Å². The van der Waals surface area contributed by atoms with Crippen LogP contribution in [0.3, 0.4) is 0 Å². The number of rotatable bonds is 2. The molecule has 0 unspecified atom stereocenters. The van der Waals surface area contributed by atoms with Crippen molar-refractivity contribution < 1.29 is 4.74 Å². The third-order valence-electron chi connectivity index (χ3n) is 3.59. The summed E-state index contributed by atoms with van der Waals surface area (Å²) in [6.07, 6.45) is -0.0664. The van der Waals surface area contributed by atoms with Crippen LogP contribution in [0, 0.1) is 13.8 Å². The lowest BCUT2D eigenvalue weighted by atomic mass is 10.1. The van der Waals surface area contributed by atoms with Gasteiger partial charge in [0.2, 0.25) is 0 Å². The predicted molar refractivity (Wildman–Crippen MR) is 83.3 cm³/mol. The van der Waals surface area contributed by atoms with Crippen LogP contribution in [0.15, 0.2) is 30.3 Å². The summed E-state index contributed by atoms with van der Waals surface area (Å²) in [6.45, 7) is 6.20. The zero-order valence-electron chi connectivity index (χ0n) is 12.4. The smallest absolute Gasteiger partial charge is 0.128 e. The van der Waals surface area contributed by atoms with Crippen LogP contribution >= 0.6 is 0 Å². The Kier molecular flexibility index (Phi) is 3.75. The van der Waals surface area contributed by atoms with Gasteiger partial charge in [-0.2, -0.15) is 0 Å². The maximum atomic E-state index is 5.91. The van der Waals surface area contributed by atoms with Gasteiger partial charge in [-0.3, -0.25) is 4.98 Å². The number of hydrogen-bond donors (Lipinski definition) is 1. The molecule has 0 saturated carbocycles. The third-order valence-corrected chi connectivity index (χ3v) is 3.59. The summed E-state index contributed by atoms with van der Waals surface area (Å²) in [7, 11) is 0. The molecule has 0 spiro atoms. The monoisotopic (exact) mass is 284 g/mol. The van der Waals surface area contributed by atoms with Gasteiger partial charge in [0.15, 0.2) is 0 Å². The minimum Gasteiger partial charge on any atom is -0.399 e. The number of aromatic nitrogens is 2. The van der Waals surface area contributed by atoms with Gasteiger partial charge < -0.3 is 15.4 Å². The Bertz CT molecular complexity index is 624. The largest absolute Gasteiger partial charge is 0.399 e. The molecule has 0 radical (unpaired) electrons. The first-order valence-electron chi connectivity index (χ1n) is 7.16. The lowest BCUT2D eigenvalue weighted by Gasteiger charge is -2.33. The second-order valence-corrected chi connectivity index (χ2v) is 5.41. The molecule has 1 saturated heterocycles. The molecule has 1 aliphatic rings. The minimum absolute atomic E-state index is 0.0664. The van der Waals surface area contributed by atoms with Gasteiger partial charge >= 0.3 is 0 Å². The van der Waals surface area contributed by atoms with E-state index in [0.717, 1.165) is 41.7 Å². The zero-order chi connectivity index (χ0) is 14.8. The maximum Gasteiger partial charge on any atom is 0.128 e. The number of nitrogens with two attached hydrogens (primary N) is 1. The van der Waals surface area contributed by atoms with Crippen molar-refractivity contribution in [3.63, 3.8) is 0 Å². The second-order valence-electron chi connectivity index (χ2n) is 5.41. The molecule has 1 fully saturated rings. The van der Waals surface area contributed by atoms with Crippen LogP contribution in [-0.4, -0.2) is 29.7 Å². The number of hydrogen-bond acceptors (Lipinski definition) is 5. The molecule has 2 aromatic rings. The molecule has 0 bridgehead atoms. The molecule has 0 aliphatic carbocycles. The summed E-state index contributed by atoms with van der Waals surface area (Å²) in [6, 6.07) is 9.83. The van der Waals surface area contributed by atoms with Crippen molar-refractivity contribution in [3.05, 3.63) is 47.4 Å². The quantitative estimate of drug-likeness (QED) is 0.916. The molecule has 5 heteroatoms. The molecule has 1 atom stereocenters. The van der Waals surface area contributed by atoms with E-state index in [1.54, 1.807) is 0 Å². The van der Waals surface area contributed by atoms with E-state index in [1.165, 1.54) is 0 Å². The fourth-order valence-electron chi connectivity index (χ4n) is 2.63. The Hall–Kier alpha value is -2.14. The van der Waals surface area contributed by atoms with Crippen molar-refractivity contribution in [3.8, 4) is 0 Å². The van der Waals surface area contributed by atoms with Crippen LogP contribution in [-0.2, 0) is 4.74 Å². The van der Waals surface area contributed by atoms with Crippen LogP contribution in [0.5, 0.6) is 0 Å². The summed E-state index contributed by atoms with van der Waals surface area (Å²) in [5.41, 5.74) is 9.47. The fourth-order valence-corrected chi connectivity index (χ4v) is 2.63. The molecule has 0 amide bonds. The zero-order valence-corrected chi connectivity index (χ0v) is 12.4. The van der Waals surface area contributed by atoms with Crippen molar-refractivity contribution in [2.45, 2.75) is 20.0 Å². The molecule has 2 N–H and O–H groups in total. The van der Waals surface area contributed by atoms with Gasteiger partial charge in [0.1, 0.15) is 11.9 Å². The molecule has 21 heavy (non-hydrogen) atoms. The van der Waals surface area contributed by atoms with Gasteiger partial charge in [-0.05, 0) is 38.1 Å². The third kappa shape index (κ3) is 3.13. The first-order chi connectivity index (χ1) is 10.1. The Labute approximate surface area is 124 Å². The highest BCUT2D eigenvalue weighted by Gasteiger charge is 2.24. The van der Waals surface area contributed by atoms with E-state index in [-0.39, 0.29) is 6.10 Å². The number of nitrogens with zero attached hydrogens (tertiary/aromatic N) is 3. The number of morpholine rings is 1. The van der Waals surface area contributed by atoms with E-state index in [9.17, 15) is 0 Å². The highest BCUT2D eigenvalue weighted by Crippen LogP contribution is 2.25. The van der Waals surface area contributed by atoms with E-state index >= 15 is 0 Å². The lowest BCUT2D eigenvalue weighted by molar-refractivity contribution is 0.0367. The van der Waals surface area contributed by atoms with Crippen molar-refractivity contribution in [1.82, 2.24) is 9.97 Å². The fraction of sp³-hybridized carbons (Fsp3) is 0.375. The molecule has 1 aliphatic heterocycles. The van der Waals surface area contributed by atoms with Crippen molar-refractivity contribution >= 4 is 11.5 Å². The Morgan fingerprint density at radius 3 is 2.81 bits per heavy atom. The Morgan fingerprint density at radius 2 is 2.05 bits per heavy atom. The van der Waals surface area contributed by atoms with E-state index in [0.29, 0.717) is 6.61 Å². The standard InChI is InChI=1S/C16H20N4O/c1-11-4-3-5-16(19-11)20-6-7-21-15(10-20)14-9-13(17)8-12(2)18-14/h3-5,8-9,15H,6-7,10H2,1-2H3,(H2,17,18)/t15-/m1/s1.